The Kier molecular flexibility index (Phi) is 7.30. The normalized spacial score (nSPS) is 13.7. The largest absolute Gasteiger partial charge is 0.500 e. The summed E-state index contributed by atoms with van der Waals surface area (Å²) >= 11 is 0. The Morgan fingerprint density at radius 2 is 1.84 bits per heavy atom. The van der Waals surface area contributed by atoms with Crippen molar-refractivity contribution in [1.82, 2.24) is 4.98 Å². The number of hydrogen-bond acceptors (Lipinski definition) is 3. The molecule has 6 heteroatoms. The Labute approximate surface area is 117 Å². The Morgan fingerprint density at radius 3 is 2.32 bits per heavy atom. The van der Waals surface area contributed by atoms with Crippen molar-refractivity contribution in [3.05, 3.63) is 18.7 Å². The van der Waals surface area contributed by atoms with Crippen LogP contribution in [-0.4, -0.2) is 35.1 Å². The summed E-state index contributed by atoms with van der Waals surface area (Å²) in [4.78, 5) is 3.11. The molecule has 0 aliphatic carbocycles. The maximum Gasteiger partial charge on any atom is 0.500 e. The van der Waals surface area contributed by atoms with Gasteiger partial charge >= 0.3 is 8.80 Å². The summed E-state index contributed by atoms with van der Waals surface area (Å²) in [5.74, 6) is 0. The number of imidazole rings is 1. The van der Waals surface area contributed by atoms with E-state index in [0.29, 0.717) is 6.04 Å². The standard InChI is InChI=1S/C13H26N2O3Si/c1-5-6-7-13(15-10-9-14-12-15)8-11-19(16-2,17-3)18-4/h9-10,12-13H,5-8,11H2,1-4H3/p+1. The van der Waals surface area contributed by atoms with E-state index in [-0.39, 0.29) is 0 Å². The van der Waals surface area contributed by atoms with Gasteiger partial charge in [0.05, 0.1) is 0 Å². The summed E-state index contributed by atoms with van der Waals surface area (Å²) in [6.07, 6.45) is 10.6. The molecule has 110 valence electrons. The SMILES string of the molecule is CCCCC(CC[Si](OC)(OC)OC)[n+]1cc[nH]c1. The van der Waals surface area contributed by atoms with Gasteiger partial charge in [-0.1, -0.05) is 13.3 Å². The maximum atomic E-state index is 5.49. The molecule has 1 heterocycles. The maximum absolute atomic E-state index is 5.49. The van der Waals surface area contributed by atoms with Gasteiger partial charge in [-0.3, -0.25) is 4.98 Å². The van der Waals surface area contributed by atoms with Crippen LogP contribution in [0.25, 0.3) is 0 Å². The minimum atomic E-state index is -2.46. The number of nitrogens with zero attached hydrogens (tertiary/aromatic N) is 1. The monoisotopic (exact) mass is 287 g/mol. The van der Waals surface area contributed by atoms with Gasteiger partial charge in [-0.25, -0.2) is 4.57 Å². The van der Waals surface area contributed by atoms with Crippen LogP contribution in [0.1, 0.15) is 38.6 Å². The van der Waals surface area contributed by atoms with E-state index < -0.39 is 8.80 Å². The molecular weight excluding hydrogens is 260 g/mol. The quantitative estimate of drug-likeness (QED) is 0.530. The van der Waals surface area contributed by atoms with E-state index in [4.69, 9.17) is 13.3 Å². The molecule has 0 saturated carbocycles. The van der Waals surface area contributed by atoms with Crippen LogP contribution in [0.4, 0.5) is 0 Å². The number of H-pyrrole nitrogens is 1. The Morgan fingerprint density at radius 1 is 1.16 bits per heavy atom. The predicted molar refractivity (Wildman–Crippen MR) is 75.8 cm³/mol. The number of nitrogens with one attached hydrogen (secondary N) is 1. The average Bonchev–Trinajstić information content (AvgIpc) is 2.98. The van der Waals surface area contributed by atoms with Crippen molar-refractivity contribution in [3.63, 3.8) is 0 Å². The second kappa shape index (κ2) is 8.47. The van der Waals surface area contributed by atoms with Gasteiger partial charge in [0.1, 0.15) is 18.4 Å². The molecule has 0 aliphatic heterocycles. The number of unbranched alkanes of at least 4 members (excludes halogenated alkanes) is 1. The number of aromatic nitrogens is 2. The van der Waals surface area contributed by atoms with Crippen molar-refractivity contribution in [2.45, 2.75) is 44.7 Å². The third kappa shape index (κ3) is 4.72. The second-order valence-corrected chi connectivity index (χ2v) is 7.78. The first-order chi connectivity index (χ1) is 9.21. The summed E-state index contributed by atoms with van der Waals surface area (Å²) in [6, 6.07) is 1.31. The first kappa shape index (κ1) is 16.4. The zero-order valence-corrected chi connectivity index (χ0v) is 13.5. The fourth-order valence-electron chi connectivity index (χ4n) is 2.31. The molecule has 1 unspecified atom stereocenters. The van der Waals surface area contributed by atoms with Crippen LogP contribution in [0, 0.1) is 0 Å². The first-order valence-corrected chi connectivity index (χ1v) is 8.83. The minimum absolute atomic E-state index is 0.471. The van der Waals surface area contributed by atoms with Crippen molar-refractivity contribution in [3.8, 4) is 0 Å². The molecule has 0 bridgehead atoms. The average molecular weight is 287 g/mol. The van der Waals surface area contributed by atoms with Gasteiger partial charge in [0.2, 0.25) is 6.33 Å². The third-order valence-electron chi connectivity index (χ3n) is 3.60. The van der Waals surface area contributed by atoms with E-state index in [2.05, 4.69) is 22.7 Å². The zero-order valence-electron chi connectivity index (χ0n) is 12.5. The van der Waals surface area contributed by atoms with Crippen LogP contribution in [-0.2, 0) is 13.3 Å². The smallest absolute Gasteiger partial charge is 0.377 e. The lowest BCUT2D eigenvalue weighted by Crippen LogP contribution is -2.45. The van der Waals surface area contributed by atoms with Gasteiger partial charge < -0.3 is 13.3 Å². The van der Waals surface area contributed by atoms with E-state index in [9.17, 15) is 0 Å². The summed E-state index contributed by atoms with van der Waals surface area (Å²) < 4.78 is 18.7. The highest BCUT2D eigenvalue weighted by atomic mass is 28.4. The Hall–Kier alpha value is -0.693. The molecule has 0 spiro atoms. The highest BCUT2D eigenvalue weighted by molar-refractivity contribution is 6.60. The molecule has 19 heavy (non-hydrogen) atoms. The summed E-state index contributed by atoms with van der Waals surface area (Å²) in [7, 11) is 2.56. The lowest BCUT2D eigenvalue weighted by Gasteiger charge is -2.25. The molecule has 5 nitrogen and oxygen atoms in total. The summed E-state index contributed by atoms with van der Waals surface area (Å²) in [6.45, 7) is 2.22. The van der Waals surface area contributed by atoms with Crippen LogP contribution < -0.4 is 4.57 Å². The van der Waals surface area contributed by atoms with Crippen LogP contribution in [0.3, 0.4) is 0 Å². The number of aromatic amines is 1. The molecule has 1 atom stereocenters. The van der Waals surface area contributed by atoms with Crippen molar-refractivity contribution in [2.24, 2.45) is 0 Å². The number of rotatable bonds is 10. The molecular formula is C13H27N2O3Si+. The summed E-state index contributed by atoms with van der Waals surface area (Å²) in [5, 5.41) is 0. The highest BCUT2D eigenvalue weighted by Crippen LogP contribution is 2.22. The van der Waals surface area contributed by atoms with E-state index in [0.717, 1.165) is 12.5 Å². The minimum Gasteiger partial charge on any atom is -0.377 e. The first-order valence-electron chi connectivity index (χ1n) is 6.90. The lowest BCUT2D eigenvalue weighted by atomic mass is 10.1. The van der Waals surface area contributed by atoms with E-state index >= 15 is 0 Å². The van der Waals surface area contributed by atoms with Crippen LogP contribution in [0.15, 0.2) is 18.7 Å². The van der Waals surface area contributed by atoms with E-state index in [1.807, 2.05) is 12.5 Å². The number of hydrogen-bond donors (Lipinski definition) is 1. The third-order valence-corrected chi connectivity index (χ3v) is 6.36. The molecule has 0 radical (unpaired) electrons. The molecule has 0 fully saturated rings. The van der Waals surface area contributed by atoms with Gasteiger partial charge in [0.25, 0.3) is 0 Å². The van der Waals surface area contributed by atoms with Crippen LogP contribution >= 0.6 is 0 Å². The lowest BCUT2D eigenvalue weighted by molar-refractivity contribution is -0.723. The van der Waals surface area contributed by atoms with Gasteiger partial charge in [0.15, 0.2) is 0 Å². The molecule has 1 aromatic rings. The van der Waals surface area contributed by atoms with Gasteiger partial charge in [-0.05, 0) is 19.3 Å². The van der Waals surface area contributed by atoms with Crippen LogP contribution in [0.2, 0.25) is 6.04 Å². The molecule has 1 aromatic heterocycles. The topological polar surface area (TPSA) is 47.4 Å². The second-order valence-electron chi connectivity index (χ2n) is 4.69. The summed E-state index contributed by atoms with van der Waals surface area (Å²) in [5.41, 5.74) is 0. The van der Waals surface area contributed by atoms with Crippen molar-refractivity contribution in [1.29, 1.82) is 0 Å². The fraction of sp³-hybridized carbons (Fsp3) is 0.769. The molecule has 0 saturated heterocycles. The van der Waals surface area contributed by atoms with Crippen LogP contribution in [0.5, 0.6) is 0 Å². The van der Waals surface area contributed by atoms with Gasteiger partial charge in [-0.15, -0.1) is 0 Å². The predicted octanol–water partition coefficient (Wildman–Crippen LogP) is 2.30. The molecule has 1 N–H and O–H groups in total. The van der Waals surface area contributed by atoms with Crippen molar-refractivity contribution < 1.29 is 17.8 Å². The van der Waals surface area contributed by atoms with Gasteiger partial charge in [0, 0.05) is 27.4 Å². The molecule has 0 amide bonds. The zero-order chi connectivity index (χ0) is 14.1. The molecule has 0 aromatic carbocycles. The molecule has 1 rings (SSSR count). The van der Waals surface area contributed by atoms with Crippen molar-refractivity contribution >= 4 is 8.80 Å². The molecule has 0 aliphatic rings. The Bertz CT molecular complexity index is 320. The van der Waals surface area contributed by atoms with E-state index in [1.54, 1.807) is 21.3 Å². The van der Waals surface area contributed by atoms with E-state index in [1.165, 1.54) is 19.3 Å². The Balaban J connectivity index is 2.62. The van der Waals surface area contributed by atoms with Crippen molar-refractivity contribution in [2.75, 3.05) is 21.3 Å². The highest BCUT2D eigenvalue weighted by Gasteiger charge is 2.38. The van der Waals surface area contributed by atoms with Gasteiger partial charge in [-0.2, -0.15) is 0 Å². The fourth-order valence-corrected chi connectivity index (χ4v) is 4.11.